The van der Waals surface area contributed by atoms with Crippen molar-refractivity contribution < 1.29 is 21.6 Å². The van der Waals surface area contributed by atoms with Crippen LogP contribution in [0.4, 0.5) is 13.2 Å². The monoisotopic (exact) mass is 350 g/mol. The summed E-state index contributed by atoms with van der Waals surface area (Å²) in [5.74, 6) is 0. The van der Waals surface area contributed by atoms with Gasteiger partial charge >= 0.3 is 6.18 Å². The van der Waals surface area contributed by atoms with Crippen molar-refractivity contribution in [2.24, 2.45) is 0 Å². The van der Waals surface area contributed by atoms with Crippen molar-refractivity contribution >= 4 is 10.0 Å². The molecule has 0 aliphatic heterocycles. The molecule has 0 radical (unpaired) electrons. The Morgan fingerprint density at radius 1 is 1.13 bits per heavy atom. The predicted octanol–water partition coefficient (Wildman–Crippen LogP) is 2.66. The standard InChI is InChI=1S/C15H21F3N2O2S/c1-23(21,22)20-14-9-5-4-8-13(14)19-10-11-6-2-3-7-12(11)15(16,17)18/h2-3,6-7,13-14,19-20H,4-5,8-10H2,1H3/t13-,14-/m0/s1. The van der Waals surface area contributed by atoms with Crippen LogP contribution in [-0.4, -0.2) is 26.8 Å². The number of hydrogen-bond acceptors (Lipinski definition) is 3. The SMILES string of the molecule is CS(=O)(=O)N[C@H]1CCCC[C@@H]1NCc1ccccc1C(F)(F)F. The Kier molecular flexibility index (Phi) is 5.70. The molecule has 23 heavy (non-hydrogen) atoms. The molecule has 0 heterocycles. The zero-order valence-electron chi connectivity index (χ0n) is 12.9. The van der Waals surface area contributed by atoms with E-state index >= 15 is 0 Å². The largest absolute Gasteiger partial charge is 0.416 e. The van der Waals surface area contributed by atoms with Crippen LogP contribution in [0.25, 0.3) is 0 Å². The first-order valence-electron chi connectivity index (χ1n) is 7.52. The van der Waals surface area contributed by atoms with E-state index < -0.39 is 21.8 Å². The van der Waals surface area contributed by atoms with Crippen molar-refractivity contribution in [2.75, 3.05) is 6.26 Å². The molecule has 2 atom stereocenters. The van der Waals surface area contributed by atoms with Gasteiger partial charge in [0.1, 0.15) is 0 Å². The van der Waals surface area contributed by atoms with Crippen LogP contribution in [0.5, 0.6) is 0 Å². The Balaban J connectivity index is 2.07. The highest BCUT2D eigenvalue weighted by molar-refractivity contribution is 7.88. The van der Waals surface area contributed by atoms with Gasteiger partial charge in [-0.3, -0.25) is 0 Å². The van der Waals surface area contributed by atoms with E-state index in [2.05, 4.69) is 10.0 Å². The molecule has 0 saturated heterocycles. The first-order chi connectivity index (χ1) is 10.7. The molecule has 1 saturated carbocycles. The number of benzene rings is 1. The molecule has 0 bridgehead atoms. The third-order valence-corrected chi connectivity index (χ3v) is 4.74. The lowest BCUT2D eigenvalue weighted by molar-refractivity contribution is -0.138. The van der Waals surface area contributed by atoms with Gasteiger partial charge in [-0.25, -0.2) is 13.1 Å². The minimum absolute atomic E-state index is 0.0578. The lowest BCUT2D eigenvalue weighted by atomic mass is 9.90. The average molecular weight is 350 g/mol. The van der Waals surface area contributed by atoms with Crippen LogP contribution in [0, 0.1) is 0 Å². The highest BCUT2D eigenvalue weighted by Crippen LogP contribution is 2.32. The number of alkyl halides is 3. The van der Waals surface area contributed by atoms with Gasteiger partial charge in [-0.15, -0.1) is 0 Å². The molecule has 0 aromatic heterocycles. The Labute approximate surface area is 134 Å². The number of rotatable bonds is 5. The van der Waals surface area contributed by atoms with Crippen LogP contribution in [0.1, 0.15) is 36.8 Å². The minimum Gasteiger partial charge on any atom is -0.308 e. The number of hydrogen-bond donors (Lipinski definition) is 2. The van der Waals surface area contributed by atoms with Gasteiger partial charge in [0.15, 0.2) is 0 Å². The van der Waals surface area contributed by atoms with Gasteiger partial charge in [0.25, 0.3) is 0 Å². The average Bonchev–Trinajstić information content (AvgIpc) is 2.44. The van der Waals surface area contributed by atoms with E-state index in [0.29, 0.717) is 6.42 Å². The van der Waals surface area contributed by atoms with Gasteiger partial charge in [0.2, 0.25) is 10.0 Å². The molecule has 8 heteroatoms. The van der Waals surface area contributed by atoms with Gasteiger partial charge in [0.05, 0.1) is 11.8 Å². The fourth-order valence-corrected chi connectivity index (χ4v) is 3.82. The summed E-state index contributed by atoms with van der Waals surface area (Å²) < 4.78 is 64.4. The molecule has 1 aliphatic rings. The van der Waals surface area contributed by atoms with E-state index in [1.807, 2.05) is 0 Å². The second-order valence-corrected chi connectivity index (χ2v) is 7.70. The number of sulfonamides is 1. The summed E-state index contributed by atoms with van der Waals surface area (Å²) in [6, 6.07) is 4.98. The summed E-state index contributed by atoms with van der Waals surface area (Å²) in [6.45, 7) is 0.0578. The van der Waals surface area contributed by atoms with Crippen LogP contribution < -0.4 is 10.0 Å². The predicted molar refractivity (Wildman–Crippen MR) is 82.3 cm³/mol. The molecule has 2 N–H and O–H groups in total. The molecule has 2 rings (SSSR count). The van der Waals surface area contributed by atoms with E-state index in [1.54, 1.807) is 6.07 Å². The van der Waals surface area contributed by atoms with Crippen LogP contribution >= 0.6 is 0 Å². The zero-order chi connectivity index (χ0) is 17.1. The molecular formula is C15H21F3N2O2S. The molecule has 130 valence electrons. The summed E-state index contributed by atoms with van der Waals surface area (Å²) in [5.41, 5.74) is -0.486. The summed E-state index contributed by atoms with van der Waals surface area (Å²) in [7, 11) is -3.34. The maximum atomic E-state index is 13.0. The summed E-state index contributed by atoms with van der Waals surface area (Å²) >= 11 is 0. The van der Waals surface area contributed by atoms with Crippen molar-refractivity contribution in [3.05, 3.63) is 35.4 Å². The van der Waals surface area contributed by atoms with Gasteiger partial charge in [-0.1, -0.05) is 31.0 Å². The van der Waals surface area contributed by atoms with Crippen molar-refractivity contribution in [1.29, 1.82) is 0 Å². The Hall–Kier alpha value is -1.12. The Bertz CT molecular complexity index is 632. The van der Waals surface area contributed by atoms with Crippen molar-refractivity contribution in [3.8, 4) is 0 Å². The second kappa shape index (κ2) is 7.19. The van der Waals surface area contributed by atoms with Crippen LogP contribution in [0.15, 0.2) is 24.3 Å². The van der Waals surface area contributed by atoms with E-state index in [0.717, 1.165) is 31.6 Å². The summed E-state index contributed by atoms with van der Waals surface area (Å²) in [4.78, 5) is 0. The third kappa shape index (κ3) is 5.47. The molecule has 1 aliphatic carbocycles. The topological polar surface area (TPSA) is 58.2 Å². The lowest BCUT2D eigenvalue weighted by Crippen LogP contribution is -2.51. The van der Waals surface area contributed by atoms with E-state index in [4.69, 9.17) is 0 Å². The van der Waals surface area contributed by atoms with E-state index in [-0.39, 0.29) is 24.2 Å². The highest BCUT2D eigenvalue weighted by atomic mass is 32.2. The molecule has 4 nitrogen and oxygen atoms in total. The molecule has 1 aromatic rings. The molecule has 0 spiro atoms. The normalized spacial score (nSPS) is 23.0. The van der Waals surface area contributed by atoms with Crippen LogP contribution in [-0.2, 0) is 22.7 Å². The molecule has 1 fully saturated rings. The van der Waals surface area contributed by atoms with E-state index in [1.165, 1.54) is 12.1 Å². The minimum atomic E-state index is -4.39. The Morgan fingerprint density at radius 3 is 2.35 bits per heavy atom. The molecular weight excluding hydrogens is 329 g/mol. The molecule has 0 amide bonds. The molecule has 1 aromatic carbocycles. The maximum absolute atomic E-state index is 13.0. The van der Waals surface area contributed by atoms with Crippen molar-refractivity contribution in [3.63, 3.8) is 0 Å². The summed E-state index contributed by atoms with van der Waals surface area (Å²) in [6.07, 6.45) is -0.0368. The van der Waals surface area contributed by atoms with Gasteiger partial charge in [-0.05, 0) is 24.5 Å². The Morgan fingerprint density at radius 2 is 1.74 bits per heavy atom. The fourth-order valence-electron chi connectivity index (χ4n) is 2.98. The third-order valence-electron chi connectivity index (χ3n) is 4.01. The fraction of sp³-hybridized carbons (Fsp3) is 0.600. The smallest absolute Gasteiger partial charge is 0.308 e. The van der Waals surface area contributed by atoms with Crippen LogP contribution in [0.3, 0.4) is 0 Å². The first-order valence-corrected chi connectivity index (χ1v) is 9.42. The van der Waals surface area contributed by atoms with Gasteiger partial charge in [0, 0.05) is 18.6 Å². The van der Waals surface area contributed by atoms with Gasteiger partial charge in [-0.2, -0.15) is 13.2 Å². The first kappa shape index (κ1) is 18.2. The van der Waals surface area contributed by atoms with Crippen LogP contribution in [0.2, 0.25) is 0 Å². The van der Waals surface area contributed by atoms with Crippen molar-refractivity contribution in [1.82, 2.24) is 10.0 Å². The second-order valence-electron chi connectivity index (χ2n) is 5.92. The van der Waals surface area contributed by atoms with E-state index in [9.17, 15) is 21.6 Å². The highest BCUT2D eigenvalue weighted by Gasteiger charge is 2.33. The molecule has 0 unspecified atom stereocenters. The quantitative estimate of drug-likeness (QED) is 0.858. The van der Waals surface area contributed by atoms with Crippen molar-refractivity contribution in [2.45, 2.75) is 50.5 Å². The lowest BCUT2D eigenvalue weighted by Gasteiger charge is -2.32. The maximum Gasteiger partial charge on any atom is 0.416 e. The van der Waals surface area contributed by atoms with Gasteiger partial charge < -0.3 is 5.32 Å². The zero-order valence-corrected chi connectivity index (χ0v) is 13.7. The number of halogens is 3. The number of nitrogens with one attached hydrogen (secondary N) is 2. The summed E-state index contributed by atoms with van der Waals surface area (Å²) in [5, 5.41) is 3.10.